The molecular weight excluding hydrogens is 326 g/mol. The Kier molecular flexibility index (Phi) is 3.86. The quantitative estimate of drug-likeness (QED) is 0.777. The molecule has 0 amide bonds. The van der Waals surface area contributed by atoms with Crippen molar-refractivity contribution in [1.82, 2.24) is 9.97 Å². The van der Waals surface area contributed by atoms with Crippen LogP contribution in [0.2, 0.25) is 5.28 Å². The van der Waals surface area contributed by atoms with Crippen LogP contribution in [0.25, 0.3) is 0 Å². The Bertz CT molecular complexity index is 681. The smallest absolute Gasteiger partial charge is 0.224 e. The molecule has 2 heterocycles. The molecule has 1 aromatic heterocycles. The van der Waals surface area contributed by atoms with Crippen molar-refractivity contribution in [2.45, 2.75) is 43.5 Å². The lowest BCUT2D eigenvalue weighted by Crippen LogP contribution is -2.50. The Morgan fingerprint density at radius 3 is 2.36 bits per heavy atom. The SMILES string of the molecule is C[C@H]1COC[C@H](C)N1c1cc(C2(S(C)(=O)=O)CC2)nc(Cl)n1. The van der Waals surface area contributed by atoms with E-state index in [0.717, 1.165) is 0 Å². The molecule has 0 radical (unpaired) electrons. The van der Waals surface area contributed by atoms with E-state index in [2.05, 4.69) is 28.7 Å². The first kappa shape index (κ1) is 16.0. The van der Waals surface area contributed by atoms with Gasteiger partial charge in [-0.05, 0) is 38.3 Å². The van der Waals surface area contributed by atoms with Crippen LogP contribution in [0, 0.1) is 0 Å². The molecule has 6 nitrogen and oxygen atoms in total. The topological polar surface area (TPSA) is 72.4 Å². The second kappa shape index (κ2) is 5.32. The number of nitrogens with zero attached hydrogens (tertiary/aromatic N) is 3. The summed E-state index contributed by atoms with van der Waals surface area (Å²) in [4.78, 5) is 10.6. The molecule has 1 saturated heterocycles. The number of sulfone groups is 1. The third-order valence-electron chi connectivity index (χ3n) is 4.50. The molecule has 2 fully saturated rings. The second-order valence-electron chi connectivity index (χ2n) is 6.29. The van der Waals surface area contributed by atoms with Gasteiger partial charge in [-0.1, -0.05) is 0 Å². The molecular formula is C14H20ClN3O3S. The molecule has 1 aliphatic heterocycles. The summed E-state index contributed by atoms with van der Waals surface area (Å²) in [6, 6.07) is 2.07. The highest BCUT2D eigenvalue weighted by atomic mass is 35.5. The van der Waals surface area contributed by atoms with E-state index in [1.165, 1.54) is 6.26 Å². The Morgan fingerprint density at radius 1 is 1.27 bits per heavy atom. The first-order chi connectivity index (χ1) is 10.2. The van der Waals surface area contributed by atoms with Gasteiger partial charge in [0.2, 0.25) is 5.28 Å². The highest BCUT2D eigenvalue weighted by Crippen LogP contribution is 2.52. The third-order valence-corrected chi connectivity index (χ3v) is 6.70. The zero-order chi connectivity index (χ0) is 16.1. The molecule has 2 aliphatic rings. The van der Waals surface area contributed by atoms with Crippen LogP contribution < -0.4 is 4.90 Å². The van der Waals surface area contributed by atoms with Crippen molar-refractivity contribution in [3.63, 3.8) is 0 Å². The van der Waals surface area contributed by atoms with Crippen LogP contribution in [0.5, 0.6) is 0 Å². The lowest BCUT2D eigenvalue weighted by Gasteiger charge is -2.39. The molecule has 1 aromatic rings. The van der Waals surface area contributed by atoms with Crippen LogP contribution in [0.15, 0.2) is 6.07 Å². The van der Waals surface area contributed by atoms with Crippen LogP contribution >= 0.6 is 11.6 Å². The summed E-state index contributed by atoms with van der Waals surface area (Å²) in [5, 5.41) is 0.0910. The fraction of sp³-hybridized carbons (Fsp3) is 0.714. The van der Waals surface area contributed by atoms with Crippen molar-refractivity contribution >= 4 is 27.3 Å². The van der Waals surface area contributed by atoms with Crippen molar-refractivity contribution < 1.29 is 13.2 Å². The summed E-state index contributed by atoms with van der Waals surface area (Å²) in [7, 11) is -3.23. The lowest BCUT2D eigenvalue weighted by atomic mass is 10.1. The molecule has 1 saturated carbocycles. The molecule has 22 heavy (non-hydrogen) atoms. The average molecular weight is 346 g/mol. The first-order valence-corrected chi connectivity index (χ1v) is 9.62. The number of aromatic nitrogens is 2. The molecule has 0 spiro atoms. The highest BCUT2D eigenvalue weighted by Gasteiger charge is 2.55. The van der Waals surface area contributed by atoms with Crippen molar-refractivity contribution in [3.05, 3.63) is 17.0 Å². The van der Waals surface area contributed by atoms with E-state index in [4.69, 9.17) is 16.3 Å². The van der Waals surface area contributed by atoms with Gasteiger partial charge in [0.05, 0.1) is 31.0 Å². The van der Waals surface area contributed by atoms with Crippen LogP contribution in [0.3, 0.4) is 0 Å². The zero-order valence-electron chi connectivity index (χ0n) is 12.9. The van der Waals surface area contributed by atoms with Gasteiger partial charge in [0.25, 0.3) is 0 Å². The van der Waals surface area contributed by atoms with Gasteiger partial charge in [-0.3, -0.25) is 0 Å². The predicted molar refractivity (Wildman–Crippen MR) is 85.0 cm³/mol. The van der Waals surface area contributed by atoms with E-state index in [-0.39, 0.29) is 17.4 Å². The summed E-state index contributed by atoms with van der Waals surface area (Å²) in [5.41, 5.74) is 0.510. The minimum Gasteiger partial charge on any atom is -0.377 e. The van der Waals surface area contributed by atoms with Gasteiger partial charge in [-0.25, -0.2) is 18.4 Å². The van der Waals surface area contributed by atoms with Crippen LogP contribution in [0.1, 0.15) is 32.4 Å². The van der Waals surface area contributed by atoms with Gasteiger partial charge < -0.3 is 9.64 Å². The molecule has 3 rings (SSSR count). The number of hydrogen-bond donors (Lipinski definition) is 0. The number of rotatable bonds is 3. The maximum atomic E-state index is 12.1. The summed E-state index contributed by atoms with van der Waals surface area (Å²) in [6.45, 7) is 5.32. The fourth-order valence-corrected chi connectivity index (χ4v) is 4.66. The van der Waals surface area contributed by atoms with E-state index in [1.807, 2.05) is 0 Å². The zero-order valence-corrected chi connectivity index (χ0v) is 14.5. The maximum absolute atomic E-state index is 12.1. The Hall–Kier alpha value is -0.920. The van der Waals surface area contributed by atoms with Gasteiger partial charge in [-0.2, -0.15) is 0 Å². The highest BCUT2D eigenvalue weighted by molar-refractivity contribution is 7.91. The lowest BCUT2D eigenvalue weighted by molar-refractivity contribution is 0.0752. The summed E-state index contributed by atoms with van der Waals surface area (Å²) in [5.74, 6) is 0.674. The number of hydrogen-bond acceptors (Lipinski definition) is 6. The summed E-state index contributed by atoms with van der Waals surface area (Å²) >= 11 is 6.07. The van der Waals surface area contributed by atoms with Crippen LogP contribution in [0.4, 0.5) is 5.82 Å². The first-order valence-electron chi connectivity index (χ1n) is 7.35. The minimum atomic E-state index is -3.23. The van der Waals surface area contributed by atoms with Crippen molar-refractivity contribution in [3.8, 4) is 0 Å². The second-order valence-corrected chi connectivity index (χ2v) is 8.95. The van der Waals surface area contributed by atoms with Gasteiger partial charge in [0, 0.05) is 12.3 Å². The third kappa shape index (κ3) is 2.59. The normalized spacial score (nSPS) is 27.7. The molecule has 0 aromatic carbocycles. The average Bonchev–Trinajstić information content (AvgIpc) is 3.18. The monoisotopic (exact) mass is 345 g/mol. The molecule has 0 unspecified atom stereocenters. The molecule has 0 bridgehead atoms. The van der Waals surface area contributed by atoms with E-state index >= 15 is 0 Å². The molecule has 8 heteroatoms. The van der Waals surface area contributed by atoms with Crippen molar-refractivity contribution in [2.75, 3.05) is 24.4 Å². The van der Waals surface area contributed by atoms with Gasteiger partial charge in [0.1, 0.15) is 10.6 Å². The number of ether oxygens (including phenoxy) is 1. The van der Waals surface area contributed by atoms with Gasteiger partial charge >= 0.3 is 0 Å². The maximum Gasteiger partial charge on any atom is 0.224 e. The number of morpholine rings is 1. The van der Waals surface area contributed by atoms with E-state index in [9.17, 15) is 8.42 Å². The predicted octanol–water partition coefficient (Wildman–Crippen LogP) is 1.78. The number of anilines is 1. The molecule has 2 atom stereocenters. The van der Waals surface area contributed by atoms with Gasteiger partial charge in [0.15, 0.2) is 9.84 Å². The van der Waals surface area contributed by atoms with Crippen LogP contribution in [-0.2, 0) is 19.3 Å². The minimum absolute atomic E-state index is 0.0910. The molecule has 0 N–H and O–H groups in total. The largest absolute Gasteiger partial charge is 0.377 e. The Morgan fingerprint density at radius 2 is 1.86 bits per heavy atom. The summed E-state index contributed by atoms with van der Waals surface area (Å²) in [6.07, 6.45) is 2.44. The van der Waals surface area contributed by atoms with E-state index in [1.54, 1.807) is 6.07 Å². The molecule has 1 aliphatic carbocycles. The Labute approximate surface area is 135 Å². The van der Waals surface area contributed by atoms with Crippen molar-refractivity contribution in [1.29, 1.82) is 0 Å². The molecule has 122 valence electrons. The standard InChI is InChI=1S/C14H20ClN3O3S/c1-9-7-21-8-10(2)18(9)12-6-11(16-13(15)17-12)14(4-5-14)22(3,19)20/h6,9-10H,4-5,7-8H2,1-3H3/t9-,10-/m0/s1. The fourth-order valence-electron chi connectivity index (χ4n) is 3.16. The van der Waals surface area contributed by atoms with E-state index in [0.29, 0.717) is 37.6 Å². The van der Waals surface area contributed by atoms with Crippen molar-refractivity contribution in [2.24, 2.45) is 0 Å². The van der Waals surface area contributed by atoms with E-state index < -0.39 is 14.6 Å². The van der Waals surface area contributed by atoms with Gasteiger partial charge in [-0.15, -0.1) is 0 Å². The summed E-state index contributed by atoms with van der Waals surface area (Å²) < 4.78 is 28.9. The number of halogens is 1. The Balaban J connectivity index is 2.04. The van der Waals surface area contributed by atoms with Crippen LogP contribution in [-0.4, -0.2) is 49.9 Å².